The molecule has 1 heterocycles. The van der Waals surface area contributed by atoms with E-state index in [0.29, 0.717) is 5.56 Å². The molecule has 0 aliphatic rings. The Kier molecular flexibility index (Phi) is 8.39. The van der Waals surface area contributed by atoms with Crippen LogP contribution in [-0.2, 0) is 6.54 Å². The predicted octanol–water partition coefficient (Wildman–Crippen LogP) is 7.12. The first kappa shape index (κ1) is 27.5. The maximum Gasteiger partial charge on any atom is 0.461 e. The lowest BCUT2D eigenvalue weighted by molar-refractivity contribution is -0.253. The molecule has 0 unspecified atom stereocenters. The first-order chi connectivity index (χ1) is 17.3. The van der Waals surface area contributed by atoms with E-state index in [1.165, 1.54) is 24.3 Å². The summed E-state index contributed by atoms with van der Waals surface area (Å²) in [6.45, 7) is -0.140. The van der Waals surface area contributed by atoms with Crippen molar-refractivity contribution in [3.63, 3.8) is 0 Å². The van der Waals surface area contributed by atoms with Crippen LogP contribution < -0.4 is 14.8 Å². The quantitative estimate of drug-likeness (QED) is 0.160. The van der Waals surface area contributed by atoms with Crippen LogP contribution >= 0.6 is 0 Å². The Balaban J connectivity index is 1.61. The van der Waals surface area contributed by atoms with Gasteiger partial charge in [-0.1, -0.05) is 12.1 Å². The maximum atomic E-state index is 13.8. The molecule has 3 rings (SSSR count). The SMILES string of the molecule is Fc1cc(Nc2ccc(OC(F)(F)C(F)F)cc2)nc(N=NCc2ccc(OC(F)(F)C(F)F)cc2)n1. The molecule has 0 aliphatic carbocycles. The number of aromatic nitrogens is 2. The van der Waals surface area contributed by atoms with E-state index in [0.717, 1.165) is 30.3 Å². The lowest BCUT2D eigenvalue weighted by Crippen LogP contribution is -2.33. The van der Waals surface area contributed by atoms with E-state index in [-0.39, 0.29) is 18.1 Å². The average molecular weight is 539 g/mol. The van der Waals surface area contributed by atoms with E-state index in [9.17, 15) is 39.5 Å². The van der Waals surface area contributed by atoms with Crippen LogP contribution in [0.5, 0.6) is 11.5 Å². The van der Waals surface area contributed by atoms with Gasteiger partial charge in [0.05, 0.1) is 6.54 Å². The molecule has 0 saturated carbocycles. The van der Waals surface area contributed by atoms with Crippen LogP contribution in [0.25, 0.3) is 0 Å². The minimum absolute atomic E-state index is 0.116. The van der Waals surface area contributed by atoms with Crippen molar-refractivity contribution in [1.82, 2.24) is 9.97 Å². The molecule has 0 bridgehead atoms. The summed E-state index contributed by atoms with van der Waals surface area (Å²) in [5.74, 6) is -2.59. The number of ether oxygens (including phenoxy) is 2. The van der Waals surface area contributed by atoms with Crippen molar-refractivity contribution < 1.29 is 49.0 Å². The first-order valence-electron chi connectivity index (χ1n) is 9.92. The van der Waals surface area contributed by atoms with Crippen LogP contribution in [0.1, 0.15) is 5.56 Å². The van der Waals surface area contributed by atoms with Crippen molar-refractivity contribution in [3.05, 3.63) is 66.1 Å². The number of benzene rings is 2. The van der Waals surface area contributed by atoms with Crippen LogP contribution in [0.15, 0.2) is 64.8 Å². The molecule has 7 nitrogen and oxygen atoms in total. The largest absolute Gasteiger partial charge is 0.461 e. The smallest absolute Gasteiger partial charge is 0.428 e. The van der Waals surface area contributed by atoms with Crippen molar-refractivity contribution in [2.45, 2.75) is 31.6 Å². The minimum atomic E-state index is -4.68. The number of anilines is 2. The fraction of sp³-hybridized carbons (Fsp3) is 0.238. The average Bonchev–Trinajstić information content (AvgIpc) is 2.80. The molecule has 1 N–H and O–H groups in total. The number of alkyl halides is 8. The van der Waals surface area contributed by atoms with Crippen molar-refractivity contribution in [2.24, 2.45) is 10.2 Å². The molecule has 0 spiro atoms. The van der Waals surface area contributed by atoms with Gasteiger partial charge in [0.1, 0.15) is 17.3 Å². The molecule has 0 amide bonds. The zero-order valence-electron chi connectivity index (χ0n) is 18.1. The summed E-state index contributed by atoms with van der Waals surface area (Å²) in [6.07, 6.45) is -17.4. The molecule has 16 heteroatoms. The number of nitrogens with one attached hydrogen (secondary N) is 1. The van der Waals surface area contributed by atoms with Crippen LogP contribution in [0.2, 0.25) is 0 Å². The molecular formula is C21H14F9N5O2. The van der Waals surface area contributed by atoms with Gasteiger partial charge in [0.2, 0.25) is 5.95 Å². The third-order valence-electron chi connectivity index (χ3n) is 4.16. The summed E-state index contributed by atoms with van der Waals surface area (Å²) < 4.78 is 122. The Hall–Kier alpha value is -4.11. The minimum Gasteiger partial charge on any atom is -0.428 e. The highest BCUT2D eigenvalue weighted by Gasteiger charge is 2.44. The second kappa shape index (κ2) is 11.3. The van der Waals surface area contributed by atoms with Crippen molar-refractivity contribution in [3.8, 4) is 11.5 Å². The van der Waals surface area contributed by atoms with Crippen LogP contribution in [0.4, 0.5) is 57.0 Å². The van der Waals surface area contributed by atoms with E-state index in [1.54, 1.807) is 0 Å². The molecule has 3 aromatic rings. The fourth-order valence-electron chi connectivity index (χ4n) is 2.52. The molecule has 0 saturated heterocycles. The van der Waals surface area contributed by atoms with Crippen molar-refractivity contribution in [2.75, 3.05) is 5.32 Å². The Morgan fingerprint density at radius 2 is 1.30 bits per heavy atom. The summed E-state index contributed by atoms with van der Waals surface area (Å²) in [7, 11) is 0. The van der Waals surface area contributed by atoms with E-state index in [2.05, 4.69) is 35.0 Å². The molecule has 0 aliphatic heterocycles. The topological polar surface area (TPSA) is 81.0 Å². The summed E-state index contributed by atoms with van der Waals surface area (Å²) in [6, 6.07) is 9.76. The van der Waals surface area contributed by atoms with Gasteiger partial charge in [0, 0.05) is 11.8 Å². The Labute approximate surface area is 202 Å². The third kappa shape index (κ3) is 7.94. The standard InChI is InChI=1S/C21H14F9N5O2/c22-15-9-16(32-12-3-7-14(8-4-12)37-21(29,30)18(25)26)34-19(33-15)35-31-10-11-1-5-13(6-2-11)36-20(27,28)17(23)24/h1-9,17-18H,10H2,(H,32,33,34). The zero-order valence-corrected chi connectivity index (χ0v) is 18.1. The third-order valence-corrected chi connectivity index (χ3v) is 4.16. The second-order valence-electron chi connectivity index (χ2n) is 7.00. The fourth-order valence-corrected chi connectivity index (χ4v) is 2.52. The highest BCUT2D eigenvalue weighted by molar-refractivity contribution is 5.57. The number of azo groups is 1. The summed E-state index contributed by atoms with van der Waals surface area (Å²) >= 11 is 0. The second-order valence-corrected chi connectivity index (χ2v) is 7.00. The Morgan fingerprint density at radius 3 is 1.81 bits per heavy atom. The molecule has 0 radical (unpaired) electrons. The van der Waals surface area contributed by atoms with Gasteiger partial charge in [-0.3, -0.25) is 0 Å². The molecule has 1 aromatic heterocycles. The lowest BCUT2D eigenvalue weighted by Gasteiger charge is -2.17. The number of hydrogen-bond donors (Lipinski definition) is 1. The van der Waals surface area contributed by atoms with E-state index in [4.69, 9.17) is 0 Å². The van der Waals surface area contributed by atoms with Gasteiger partial charge in [-0.15, -0.1) is 5.11 Å². The molecule has 2 aromatic carbocycles. The predicted molar refractivity (Wildman–Crippen MR) is 110 cm³/mol. The highest BCUT2D eigenvalue weighted by Crippen LogP contribution is 2.29. The summed E-state index contributed by atoms with van der Waals surface area (Å²) in [5.41, 5.74) is 0.611. The van der Waals surface area contributed by atoms with E-state index in [1.807, 2.05) is 0 Å². The lowest BCUT2D eigenvalue weighted by atomic mass is 10.2. The monoisotopic (exact) mass is 539 g/mol. The zero-order chi connectivity index (χ0) is 27.2. The van der Waals surface area contributed by atoms with Gasteiger partial charge < -0.3 is 14.8 Å². The number of nitrogens with zero attached hydrogens (tertiary/aromatic N) is 4. The first-order valence-corrected chi connectivity index (χ1v) is 9.92. The Morgan fingerprint density at radius 1 is 0.784 bits per heavy atom. The summed E-state index contributed by atoms with van der Waals surface area (Å²) in [5, 5.41) is 10.0. The van der Waals surface area contributed by atoms with E-state index >= 15 is 0 Å². The molecule has 0 atom stereocenters. The van der Waals surface area contributed by atoms with Crippen LogP contribution in [-0.4, -0.2) is 35.0 Å². The van der Waals surface area contributed by atoms with Gasteiger partial charge in [-0.2, -0.15) is 54.6 Å². The number of rotatable bonds is 11. The number of hydrogen-bond acceptors (Lipinski definition) is 7. The van der Waals surface area contributed by atoms with Gasteiger partial charge in [0.15, 0.2) is 0 Å². The van der Waals surface area contributed by atoms with Crippen molar-refractivity contribution in [1.29, 1.82) is 0 Å². The molecule has 198 valence electrons. The van der Waals surface area contributed by atoms with Gasteiger partial charge in [-0.05, 0) is 42.0 Å². The summed E-state index contributed by atoms with van der Waals surface area (Å²) in [4.78, 5) is 7.31. The molecule has 0 fully saturated rings. The van der Waals surface area contributed by atoms with Gasteiger partial charge in [-0.25, -0.2) is 0 Å². The van der Waals surface area contributed by atoms with E-state index < -0.39 is 48.5 Å². The van der Waals surface area contributed by atoms with Crippen molar-refractivity contribution >= 4 is 17.5 Å². The van der Waals surface area contributed by atoms with Gasteiger partial charge in [0.25, 0.3) is 5.95 Å². The molecule has 37 heavy (non-hydrogen) atoms. The maximum absolute atomic E-state index is 13.8. The highest BCUT2D eigenvalue weighted by atomic mass is 19.3. The van der Waals surface area contributed by atoms with Crippen LogP contribution in [0.3, 0.4) is 0 Å². The number of halogens is 9. The normalized spacial score (nSPS) is 12.4. The van der Waals surface area contributed by atoms with Crippen LogP contribution in [0, 0.1) is 5.95 Å². The Bertz CT molecular complexity index is 1210. The van der Waals surface area contributed by atoms with Gasteiger partial charge >= 0.3 is 25.1 Å². The molecular weight excluding hydrogens is 525 g/mol.